The maximum Gasteiger partial charge on any atom is 0.103 e. The van der Waals surface area contributed by atoms with Crippen molar-refractivity contribution >= 4 is 34.7 Å². The molecule has 0 heterocycles. The van der Waals surface area contributed by atoms with E-state index in [0.717, 1.165) is 16.3 Å². The number of nitrogens with zero attached hydrogens (tertiary/aromatic N) is 1. The van der Waals surface area contributed by atoms with Gasteiger partial charge in [0.05, 0.1) is 22.0 Å². The van der Waals surface area contributed by atoms with Crippen molar-refractivity contribution in [2.45, 2.75) is 4.90 Å². The molecule has 0 aliphatic heterocycles. The molecule has 0 fully saturated rings. The van der Waals surface area contributed by atoms with Gasteiger partial charge in [0.15, 0.2) is 0 Å². The van der Waals surface area contributed by atoms with E-state index in [2.05, 4.69) is 11.4 Å². The van der Waals surface area contributed by atoms with Crippen LogP contribution in [0.15, 0.2) is 47.4 Å². The van der Waals surface area contributed by atoms with Gasteiger partial charge in [0, 0.05) is 4.90 Å². The summed E-state index contributed by atoms with van der Waals surface area (Å²) < 4.78 is 0. The first-order valence-corrected chi connectivity index (χ1v) is 6.95. The van der Waals surface area contributed by atoms with E-state index in [4.69, 9.17) is 11.6 Å². The molecule has 0 atom stereocenters. The Morgan fingerprint density at radius 1 is 1.11 bits per heavy atom. The van der Waals surface area contributed by atoms with Gasteiger partial charge in [-0.05, 0) is 30.5 Å². The normalized spacial score (nSPS) is 9.83. The van der Waals surface area contributed by atoms with Gasteiger partial charge in [-0.1, -0.05) is 29.8 Å². The highest BCUT2D eigenvalue weighted by Crippen LogP contribution is 2.30. The zero-order chi connectivity index (χ0) is 13.0. The molecule has 0 spiro atoms. The first kappa shape index (κ1) is 12.8. The minimum Gasteiger partial charge on any atom is -0.353 e. The molecule has 2 aromatic rings. The summed E-state index contributed by atoms with van der Waals surface area (Å²) in [5, 5.41) is 13.1. The van der Waals surface area contributed by atoms with E-state index in [1.54, 1.807) is 11.8 Å². The zero-order valence-electron chi connectivity index (χ0n) is 9.77. The van der Waals surface area contributed by atoms with Crippen LogP contribution in [0.25, 0.3) is 0 Å². The quantitative estimate of drug-likeness (QED) is 0.826. The Kier molecular flexibility index (Phi) is 4.14. The molecule has 1 N–H and O–H groups in total. The number of hydrogen-bond donors (Lipinski definition) is 1. The highest BCUT2D eigenvalue weighted by atomic mass is 35.5. The summed E-state index contributed by atoms with van der Waals surface area (Å²) in [6, 6.07) is 15.4. The average Bonchev–Trinajstić information content (AvgIpc) is 2.41. The molecule has 0 radical (unpaired) electrons. The van der Waals surface area contributed by atoms with Gasteiger partial charge in [0.2, 0.25) is 0 Å². The van der Waals surface area contributed by atoms with Crippen LogP contribution in [0.5, 0.6) is 0 Å². The Hall–Kier alpha value is -1.63. The third-order valence-corrected chi connectivity index (χ3v) is 3.61. The van der Waals surface area contributed by atoms with E-state index in [1.807, 2.05) is 48.7 Å². The first-order valence-electron chi connectivity index (χ1n) is 5.35. The van der Waals surface area contributed by atoms with Gasteiger partial charge in [-0.25, -0.2) is 0 Å². The topological polar surface area (TPSA) is 35.8 Å². The van der Waals surface area contributed by atoms with Crippen LogP contribution in [-0.2, 0) is 0 Å². The number of hydrogen-bond acceptors (Lipinski definition) is 3. The van der Waals surface area contributed by atoms with Crippen LogP contribution in [0.1, 0.15) is 5.56 Å². The average molecular weight is 275 g/mol. The molecule has 2 rings (SSSR count). The second-order valence-electron chi connectivity index (χ2n) is 3.60. The standard InChI is InChI=1S/C14H11ClN2S/c1-18-14-8-4-7-12(10(14)9-16)17-13-6-3-2-5-11(13)15/h2-8,17H,1H3. The maximum atomic E-state index is 9.24. The lowest BCUT2D eigenvalue weighted by Crippen LogP contribution is -1.95. The molecule has 0 saturated carbocycles. The summed E-state index contributed by atoms with van der Waals surface area (Å²) in [5.41, 5.74) is 2.22. The van der Waals surface area contributed by atoms with Crippen LogP contribution in [0, 0.1) is 11.3 Å². The molecule has 0 amide bonds. The van der Waals surface area contributed by atoms with E-state index in [0.29, 0.717) is 10.6 Å². The fraction of sp³-hybridized carbons (Fsp3) is 0.0714. The van der Waals surface area contributed by atoms with Crippen molar-refractivity contribution in [3.05, 3.63) is 53.1 Å². The molecule has 0 saturated heterocycles. The van der Waals surface area contributed by atoms with E-state index in [-0.39, 0.29) is 0 Å². The molecular formula is C14H11ClN2S. The van der Waals surface area contributed by atoms with Crippen molar-refractivity contribution in [2.75, 3.05) is 11.6 Å². The minimum atomic E-state index is 0.635. The van der Waals surface area contributed by atoms with Crippen LogP contribution in [-0.4, -0.2) is 6.26 Å². The van der Waals surface area contributed by atoms with Crippen LogP contribution in [0.2, 0.25) is 5.02 Å². The van der Waals surface area contributed by atoms with Crippen molar-refractivity contribution in [2.24, 2.45) is 0 Å². The van der Waals surface area contributed by atoms with Gasteiger partial charge in [0.1, 0.15) is 6.07 Å². The van der Waals surface area contributed by atoms with Gasteiger partial charge in [-0.15, -0.1) is 11.8 Å². The number of benzene rings is 2. The van der Waals surface area contributed by atoms with Crippen molar-refractivity contribution in [1.29, 1.82) is 5.26 Å². The predicted octanol–water partition coefficient (Wildman–Crippen LogP) is 4.68. The summed E-state index contributed by atoms with van der Waals surface area (Å²) in [6.07, 6.45) is 1.95. The number of anilines is 2. The Morgan fingerprint density at radius 3 is 2.50 bits per heavy atom. The van der Waals surface area contributed by atoms with Crippen LogP contribution in [0.3, 0.4) is 0 Å². The lowest BCUT2D eigenvalue weighted by molar-refractivity contribution is 1.36. The van der Waals surface area contributed by atoms with E-state index in [1.165, 1.54) is 0 Å². The second-order valence-corrected chi connectivity index (χ2v) is 4.85. The third-order valence-electron chi connectivity index (χ3n) is 2.50. The largest absolute Gasteiger partial charge is 0.353 e. The first-order chi connectivity index (χ1) is 8.76. The smallest absolute Gasteiger partial charge is 0.103 e. The van der Waals surface area contributed by atoms with Gasteiger partial charge in [-0.3, -0.25) is 0 Å². The van der Waals surface area contributed by atoms with Crippen LogP contribution < -0.4 is 5.32 Å². The van der Waals surface area contributed by atoms with E-state index >= 15 is 0 Å². The van der Waals surface area contributed by atoms with Crippen molar-refractivity contribution in [1.82, 2.24) is 0 Å². The highest BCUT2D eigenvalue weighted by Gasteiger charge is 2.08. The number of halogens is 1. The van der Waals surface area contributed by atoms with Gasteiger partial charge in [-0.2, -0.15) is 5.26 Å². The zero-order valence-corrected chi connectivity index (χ0v) is 11.3. The lowest BCUT2D eigenvalue weighted by atomic mass is 10.2. The number of nitrogens with one attached hydrogen (secondary N) is 1. The van der Waals surface area contributed by atoms with Gasteiger partial charge >= 0.3 is 0 Å². The summed E-state index contributed by atoms with van der Waals surface area (Å²) >= 11 is 7.65. The maximum absolute atomic E-state index is 9.24. The van der Waals surface area contributed by atoms with Crippen molar-refractivity contribution in [3.8, 4) is 6.07 Å². The Morgan fingerprint density at radius 2 is 1.83 bits per heavy atom. The van der Waals surface area contributed by atoms with Crippen LogP contribution >= 0.6 is 23.4 Å². The summed E-state index contributed by atoms with van der Waals surface area (Å²) in [5.74, 6) is 0. The lowest BCUT2D eigenvalue weighted by Gasteiger charge is -2.11. The molecule has 0 unspecified atom stereocenters. The molecular weight excluding hydrogens is 264 g/mol. The predicted molar refractivity (Wildman–Crippen MR) is 77.7 cm³/mol. The fourth-order valence-electron chi connectivity index (χ4n) is 1.63. The summed E-state index contributed by atoms with van der Waals surface area (Å²) in [6.45, 7) is 0. The molecule has 2 nitrogen and oxygen atoms in total. The Bertz CT molecular complexity index is 605. The molecule has 0 aliphatic carbocycles. The molecule has 2 aromatic carbocycles. The third kappa shape index (κ3) is 2.61. The molecule has 90 valence electrons. The monoisotopic (exact) mass is 274 g/mol. The molecule has 0 aliphatic rings. The number of para-hydroxylation sites is 1. The Balaban J connectivity index is 2.42. The SMILES string of the molecule is CSc1cccc(Nc2ccccc2Cl)c1C#N. The van der Waals surface area contributed by atoms with Gasteiger partial charge in [0.25, 0.3) is 0 Å². The molecule has 4 heteroatoms. The van der Waals surface area contributed by atoms with E-state index < -0.39 is 0 Å². The van der Waals surface area contributed by atoms with E-state index in [9.17, 15) is 5.26 Å². The summed E-state index contributed by atoms with van der Waals surface area (Å²) in [4.78, 5) is 0.953. The van der Waals surface area contributed by atoms with Crippen molar-refractivity contribution in [3.63, 3.8) is 0 Å². The second kappa shape index (κ2) is 5.81. The molecule has 18 heavy (non-hydrogen) atoms. The summed E-state index contributed by atoms with van der Waals surface area (Å²) in [7, 11) is 0. The minimum absolute atomic E-state index is 0.635. The molecule has 0 bridgehead atoms. The number of nitriles is 1. The molecule has 0 aromatic heterocycles. The van der Waals surface area contributed by atoms with Gasteiger partial charge < -0.3 is 5.32 Å². The van der Waals surface area contributed by atoms with Crippen LogP contribution in [0.4, 0.5) is 11.4 Å². The number of rotatable bonds is 3. The Labute approximate surface area is 116 Å². The highest BCUT2D eigenvalue weighted by molar-refractivity contribution is 7.98. The van der Waals surface area contributed by atoms with Crippen molar-refractivity contribution < 1.29 is 0 Å². The number of thioether (sulfide) groups is 1. The fourth-order valence-corrected chi connectivity index (χ4v) is 2.39.